The van der Waals surface area contributed by atoms with Crippen molar-refractivity contribution >= 4 is 67.9 Å². The van der Waals surface area contributed by atoms with Crippen LogP contribution >= 0.6 is 0 Å². The minimum absolute atomic E-state index is 0.205. The Bertz CT molecular complexity index is 4660. The van der Waals surface area contributed by atoms with Gasteiger partial charge in [-0.05, 0) is 111 Å². The summed E-state index contributed by atoms with van der Waals surface area (Å²) in [7, 11) is -1.76. The Hall–Kier alpha value is -8.78. The fourth-order valence-corrected chi connectivity index (χ4v) is 13.5. The molecule has 4 aromatic heterocycles. The maximum Gasteiger partial charge on any atom is 0.149 e. The molecule has 0 bridgehead atoms. The zero-order valence-electron chi connectivity index (χ0n) is 49.3. The van der Waals surface area contributed by atoms with Crippen LogP contribution in [-0.2, 0) is 16.2 Å². The lowest BCUT2D eigenvalue weighted by atomic mass is 9.79. The molecular formula is C75H71N5OSi. The standard InChI is InChI=1S/C75H71N5OSi/c1-73(2,3)50-41-48(40-49(42-50)69-68-58-29-20-22-32-63(58)79(65(68)38-39-76-69)53-34-36-57-56-28-19-21-31-62(56)78(67(57)45-53)52-26-17-14-18-27-52)55-30-23-33-66-70(55)77-72(60-43-51(74(4,5)6)44-61(71(60)81)75(7,8)9)80(66)64-37-35-54(82(10,11)12)46-59(64)47-24-15-13-16-25-47/h13-46,81H,1-12H3. The van der Waals surface area contributed by atoms with Crippen molar-refractivity contribution in [3.63, 3.8) is 0 Å². The third-order valence-corrected chi connectivity index (χ3v) is 18.8. The van der Waals surface area contributed by atoms with Gasteiger partial charge < -0.3 is 14.2 Å². The molecule has 82 heavy (non-hydrogen) atoms. The van der Waals surface area contributed by atoms with Gasteiger partial charge >= 0.3 is 0 Å². The summed E-state index contributed by atoms with van der Waals surface area (Å²) < 4.78 is 7.13. The van der Waals surface area contributed by atoms with E-state index >= 15 is 0 Å². The van der Waals surface area contributed by atoms with Crippen LogP contribution < -0.4 is 5.19 Å². The van der Waals surface area contributed by atoms with Crippen LogP contribution in [0, 0.1) is 0 Å². The van der Waals surface area contributed by atoms with Crippen LogP contribution in [0.2, 0.25) is 19.6 Å². The number of fused-ring (bicyclic) bond motifs is 7. The van der Waals surface area contributed by atoms with Gasteiger partial charge in [-0.2, -0.15) is 0 Å². The first kappa shape index (κ1) is 52.6. The van der Waals surface area contributed by atoms with Crippen molar-refractivity contribution in [2.24, 2.45) is 0 Å². The minimum Gasteiger partial charge on any atom is -0.507 e. The molecule has 0 saturated carbocycles. The lowest BCUT2D eigenvalue weighted by molar-refractivity contribution is 0.446. The lowest BCUT2D eigenvalue weighted by Crippen LogP contribution is -2.37. The molecule has 9 aromatic carbocycles. The average molecular weight is 1090 g/mol. The average Bonchev–Trinajstić information content (AvgIpc) is 3.39. The molecule has 0 unspecified atom stereocenters. The molecule has 0 atom stereocenters. The van der Waals surface area contributed by atoms with Crippen LogP contribution in [-0.4, -0.2) is 36.8 Å². The van der Waals surface area contributed by atoms with Crippen LogP contribution in [0.5, 0.6) is 5.75 Å². The fraction of sp³-hybridized carbons (Fsp3) is 0.200. The number of hydrogen-bond donors (Lipinski definition) is 1. The van der Waals surface area contributed by atoms with Crippen LogP contribution in [0.1, 0.15) is 79.0 Å². The highest BCUT2D eigenvalue weighted by atomic mass is 28.3. The first-order valence-corrected chi connectivity index (χ1v) is 32.4. The number of pyridine rings is 1. The predicted molar refractivity (Wildman–Crippen MR) is 350 cm³/mol. The number of imidazole rings is 1. The Balaban J connectivity index is 1.07. The first-order valence-electron chi connectivity index (χ1n) is 28.9. The molecule has 4 heterocycles. The SMILES string of the molecule is CC(C)(C)c1cc(-c2cccc3c2nc(-c2cc(C(C)(C)C)cc(C(C)(C)C)c2O)n3-c2ccc([Si](C)(C)C)cc2-c2ccccc2)cc(-c2nccc3c2c2ccccc2n3-c2ccc3c4ccccc4n(-c4ccccc4)c3c2)c1. The van der Waals surface area contributed by atoms with Gasteiger partial charge in [0.2, 0.25) is 0 Å². The van der Waals surface area contributed by atoms with Gasteiger partial charge in [-0.25, -0.2) is 4.98 Å². The Morgan fingerprint density at radius 3 is 1.72 bits per heavy atom. The Morgan fingerprint density at radius 2 is 1.02 bits per heavy atom. The Morgan fingerprint density at radius 1 is 0.415 bits per heavy atom. The molecule has 406 valence electrons. The summed E-state index contributed by atoms with van der Waals surface area (Å²) in [5, 5.41) is 18.8. The number of phenolic OH excluding ortho intramolecular Hbond substituents is 1. The molecule has 13 rings (SSSR count). The van der Waals surface area contributed by atoms with Crippen molar-refractivity contribution in [3.05, 3.63) is 223 Å². The molecule has 0 aliphatic carbocycles. The van der Waals surface area contributed by atoms with Crippen molar-refractivity contribution < 1.29 is 5.11 Å². The van der Waals surface area contributed by atoms with E-state index in [-0.39, 0.29) is 22.0 Å². The minimum atomic E-state index is -1.76. The van der Waals surface area contributed by atoms with Crippen LogP contribution in [0.25, 0.3) is 117 Å². The number of phenols is 1. The highest BCUT2D eigenvalue weighted by Crippen LogP contribution is 2.47. The second-order valence-corrected chi connectivity index (χ2v) is 31.6. The second-order valence-electron chi connectivity index (χ2n) is 26.6. The lowest BCUT2D eigenvalue weighted by Gasteiger charge is -2.28. The molecular weight excluding hydrogens is 1010 g/mol. The summed E-state index contributed by atoms with van der Waals surface area (Å²) in [6.07, 6.45) is 1.98. The zero-order valence-corrected chi connectivity index (χ0v) is 50.3. The van der Waals surface area contributed by atoms with Gasteiger partial charge in [-0.3, -0.25) is 9.55 Å². The largest absolute Gasteiger partial charge is 0.507 e. The van der Waals surface area contributed by atoms with Crippen molar-refractivity contribution in [1.82, 2.24) is 23.7 Å². The van der Waals surface area contributed by atoms with Gasteiger partial charge in [-0.1, -0.05) is 215 Å². The molecule has 7 heteroatoms. The molecule has 6 nitrogen and oxygen atoms in total. The fourth-order valence-electron chi connectivity index (χ4n) is 12.3. The van der Waals surface area contributed by atoms with Crippen molar-refractivity contribution in [2.45, 2.75) is 98.2 Å². The van der Waals surface area contributed by atoms with Gasteiger partial charge in [0, 0.05) is 61.4 Å². The van der Waals surface area contributed by atoms with E-state index in [1.807, 2.05) is 6.20 Å². The smallest absolute Gasteiger partial charge is 0.149 e. The van der Waals surface area contributed by atoms with E-state index in [1.54, 1.807) is 0 Å². The van der Waals surface area contributed by atoms with Crippen molar-refractivity contribution in [3.8, 4) is 67.7 Å². The van der Waals surface area contributed by atoms with Crippen LogP contribution in [0.4, 0.5) is 0 Å². The van der Waals surface area contributed by atoms with E-state index in [0.29, 0.717) is 11.4 Å². The highest BCUT2D eigenvalue weighted by molar-refractivity contribution is 6.88. The normalized spacial score (nSPS) is 12.7. The van der Waals surface area contributed by atoms with Crippen LogP contribution in [0.15, 0.2) is 206 Å². The van der Waals surface area contributed by atoms with E-state index < -0.39 is 8.07 Å². The summed E-state index contributed by atoms with van der Waals surface area (Å²) in [6.45, 7) is 27.4. The Labute approximate surface area is 483 Å². The summed E-state index contributed by atoms with van der Waals surface area (Å²) in [4.78, 5) is 11.2. The van der Waals surface area contributed by atoms with Gasteiger partial charge in [0.25, 0.3) is 0 Å². The van der Waals surface area contributed by atoms with Gasteiger partial charge in [0.15, 0.2) is 0 Å². The van der Waals surface area contributed by atoms with Gasteiger partial charge in [0.1, 0.15) is 11.6 Å². The molecule has 0 spiro atoms. The van der Waals surface area contributed by atoms with Gasteiger partial charge in [-0.15, -0.1) is 0 Å². The predicted octanol–water partition coefficient (Wildman–Crippen LogP) is 19.4. The molecule has 0 aliphatic rings. The monoisotopic (exact) mass is 1090 g/mol. The first-order chi connectivity index (χ1) is 39.1. The summed E-state index contributed by atoms with van der Waals surface area (Å²) >= 11 is 0. The van der Waals surface area contributed by atoms with Crippen LogP contribution in [0.3, 0.4) is 0 Å². The van der Waals surface area contributed by atoms with Crippen molar-refractivity contribution in [1.29, 1.82) is 0 Å². The Kier molecular flexibility index (Phi) is 12.3. The topological polar surface area (TPSA) is 60.8 Å². The molecule has 0 radical (unpaired) electrons. The highest BCUT2D eigenvalue weighted by Gasteiger charge is 2.31. The zero-order chi connectivity index (χ0) is 57.2. The van der Waals surface area contributed by atoms with E-state index in [1.165, 1.54) is 27.0 Å². The number of nitrogens with zero attached hydrogens (tertiary/aromatic N) is 5. The van der Waals surface area contributed by atoms with E-state index in [9.17, 15) is 5.11 Å². The summed E-state index contributed by atoms with van der Waals surface area (Å²) in [5.74, 6) is 0.954. The molecule has 0 saturated heterocycles. The number of aromatic nitrogens is 5. The molecule has 0 fully saturated rings. The number of aromatic hydroxyl groups is 1. The molecule has 0 amide bonds. The number of benzene rings is 9. The molecule has 0 aliphatic heterocycles. The van der Waals surface area contributed by atoms with Crippen molar-refractivity contribution in [2.75, 3.05) is 0 Å². The molecule has 13 aromatic rings. The third-order valence-electron chi connectivity index (χ3n) is 16.8. The summed E-state index contributed by atoms with van der Waals surface area (Å²) in [6, 6.07) is 73.1. The maximum absolute atomic E-state index is 12.8. The quantitative estimate of drug-likeness (QED) is 0.154. The number of hydrogen-bond acceptors (Lipinski definition) is 3. The van der Waals surface area contributed by atoms with E-state index in [4.69, 9.17) is 9.97 Å². The number of para-hydroxylation sites is 4. The maximum atomic E-state index is 12.8. The molecule has 1 N–H and O–H groups in total. The second kappa shape index (κ2) is 19.2. The van der Waals surface area contributed by atoms with E-state index in [2.05, 4.69) is 296 Å². The van der Waals surface area contributed by atoms with E-state index in [0.717, 1.165) is 100 Å². The summed E-state index contributed by atoms with van der Waals surface area (Å²) in [5.41, 5.74) is 19.0. The third kappa shape index (κ3) is 8.85. The van der Waals surface area contributed by atoms with Gasteiger partial charge in [0.05, 0.1) is 58.1 Å². The number of rotatable bonds is 8.